The number of hydrogen-bond acceptors (Lipinski definition) is 5. The van der Waals surface area contributed by atoms with Crippen LogP contribution < -0.4 is 0 Å². The Balaban J connectivity index is 4.62. The molecular formula is C6H14FN2O3PS2. The van der Waals surface area contributed by atoms with Gasteiger partial charge in [0.1, 0.15) is 0 Å². The van der Waals surface area contributed by atoms with Crippen molar-refractivity contribution in [3.8, 4) is 0 Å². The van der Waals surface area contributed by atoms with Crippen molar-refractivity contribution in [3.63, 3.8) is 0 Å². The standard InChI is InChI=1S/C6H14FN2O3PS2/c1-5-9(13(14,11-3)12-4)15-8(2)6(7)10/h5H2,1-4H3. The highest BCUT2D eigenvalue weighted by Crippen LogP contribution is 2.54. The Hall–Kier alpha value is 0.280. The first-order valence-corrected chi connectivity index (χ1v) is 7.34. The van der Waals surface area contributed by atoms with Crippen molar-refractivity contribution in [2.75, 3.05) is 27.8 Å². The summed E-state index contributed by atoms with van der Waals surface area (Å²) in [5.74, 6) is 0. The average Bonchev–Trinajstić information content (AvgIpc) is 2.24. The lowest BCUT2D eigenvalue weighted by Gasteiger charge is -2.30. The van der Waals surface area contributed by atoms with E-state index < -0.39 is 12.8 Å². The van der Waals surface area contributed by atoms with Gasteiger partial charge in [0.25, 0.3) is 6.64 Å². The summed E-state index contributed by atoms with van der Waals surface area (Å²) in [5, 5.41) is 0. The number of carbonyl (C=O) groups excluding carboxylic acids is 1. The maximum absolute atomic E-state index is 12.3. The highest BCUT2D eigenvalue weighted by molar-refractivity contribution is 8.15. The fraction of sp³-hybridized carbons (Fsp3) is 0.833. The summed E-state index contributed by atoms with van der Waals surface area (Å²) >= 11 is 5.99. The molecule has 0 aliphatic heterocycles. The highest BCUT2D eigenvalue weighted by atomic mass is 32.5. The van der Waals surface area contributed by atoms with E-state index in [0.717, 1.165) is 16.4 Å². The largest absolute Gasteiger partial charge is 0.410 e. The van der Waals surface area contributed by atoms with Gasteiger partial charge in [-0.15, -0.1) is 4.39 Å². The lowest BCUT2D eigenvalue weighted by atomic mass is 10.8. The molecule has 0 aromatic carbocycles. The van der Waals surface area contributed by atoms with Crippen molar-refractivity contribution in [2.24, 2.45) is 0 Å². The summed E-state index contributed by atoms with van der Waals surface area (Å²) in [6.45, 7) is -0.334. The van der Waals surface area contributed by atoms with E-state index in [1.165, 1.54) is 25.3 Å². The minimum atomic E-state index is -2.62. The first-order chi connectivity index (χ1) is 6.91. The molecule has 0 aliphatic rings. The Bertz CT molecular complexity index is 261. The van der Waals surface area contributed by atoms with Gasteiger partial charge in [-0.25, -0.2) is 9.10 Å². The molecule has 5 nitrogen and oxygen atoms in total. The highest BCUT2D eigenvalue weighted by Gasteiger charge is 2.28. The third-order valence-electron chi connectivity index (χ3n) is 1.47. The molecule has 9 heteroatoms. The molecule has 0 saturated heterocycles. The topological polar surface area (TPSA) is 42.0 Å². The van der Waals surface area contributed by atoms with Gasteiger partial charge in [0.2, 0.25) is 0 Å². The predicted octanol–water partition coefficient (Wildman–Crippen LogP) is 2.41. The van der Waals surface area contributed by atoms with Crippen LogP contribution in [0, 0.1) is 0 Å². The van der Waals surface area contributed by atoms with E-state index in [2.05, 4.69) is 0 Å². The van der Waals surface area contributed by atoms with Crippen molar-refractivity contribution in [1.82, 2.24) is 8.38 Å². The number of halogens is 1. The van der Waals surface area contributed by atoms with Crippen LogP contribution in [0.3, 0.4) is 0 Å². The van der Waals surface area contributed by atoms with Gasteiger partial charge in [-0.1, -0.05) is 6.92 Å². The number of carbonyl (C=O) groups is 1. The summed E-state index contributed by atoms with van der Waals surface area (Å²) in [5.41, 5.74) is 0. The fourth-order valence-electron chi connectivity index (χ4n) is 0.706. The van der Waals surface area contributed by atoms with Crippen LogP contribution in [0.1, 0.15) is 6.92 Å². The van der Waals surface area contributed by atoms with Crippen LogP contribution in [0.5, 0.6) is 0 Å². The van der Waals surface area contributed by atoms with Crippen molar-refractivity contribution >= 4 is 36.7 Å². The molecule has 0 unspecified atom stereocenters. The van der Waals surface area contributed by atoms with E-state index >= 15 is 0 Å². The lowest BCUT2D eigenvalue weighted by molar-refractivity contribution is 0.209. The molecule has 0 aromatic rings. The van der Waals surface area contributed by atoms with Crippen molar-refractivity contribution < 1.29 is 18.2 Å². The second kappa shape index (κ2) is 6.78. The van der Waals surface area contributed by atoms with E-state index in [9.17, 15) is 9.18 Å². The third kappa shape index (κ3) is 4.34. The predicted molar refractivity (Wildman–Crippen MR) is 62.5 cm³/mol. The first kappa shape index (κ1) is 15.3. The van der Waals surface area contributed by atoms with Gasteiger partial charge in [0, 0.05) is 27.8 Å². The van der Waals surface area contributed by atoms with Crippen molar-refractivity contribution in [3.05, 3.63) is 0 Å². The van der Waals surface area contributed by atoms with E-state index in [-0.39, 0.29) is 0 Å². The summed E-state index contributed by atoms with van der Waals surface area (Å²) in [4.78, 5) is 10.4. The molecule has 0 fully saturated rings. The van der Waals surface area contributed by atoms with Gasteiger partial charge < -0.3 is 9.05 Å². The molecule has 0 radical (unpaired) electrons. The maximum Gasteiger partial charge on any atom is 0.410 e. The minimum Gasteiger partial charge on any atom is -0.321 e. The Morgan fingerprint density at radius 3 is 2.27 bits per heavy atom. The zero-order valence-corrected chi connectivity index (χ0v) is 11.5. The Labute approximate surface area is 98.4 Å². The minimum absolute atomic E-state index is 0.473. The van der Waals surface area contributed by atoms with Gasteiger partial charge >= 0.3 is 6.16 Å². The zero-order chi connectivity index (χ0) is 12.1. The molecular weight excluding hydrogens is 262 g/mol. The zero-order valence-electron chi connectivity index (χ0n) is 8.97. The van der Waals surface area contributed by atoms with Crippen LogP contribution in [0.4, 0.5) is 9.18 Å². The summed E-state index contributed by atoms with van der Waals surface area (Å²) < 4.78 is 24.8. The second-order valence-corrected chi connectivity index (χ2v) is 7.29. The van der Waals surface area contributed by atoms with Crippen molar-refractivity contribution in [2.45, 2.75) is 6.92 Å². The van der Waals surface area contributed by atoms with Crippen LogP contribution in [0.2, 0.25) is 0 Å². The Morgan fingerprint density at radius 2 is 2.00 bits per heavy atom. The number of amides is 1. The van der Waals surface area contributed by atoms with E-state index in [4.69, 9.17) is 20.9 Å². The average molecular weight is 276 g/mol. The van der Waals surface area contributed by atoms with Crippen LogP contribution >= 0.6 is 18.8 Å². The molecule has 0 aliphatic carbocycles. The monoisotopic (exact) mass is 276 g/mol. The molecule has 0 atom stereocenters. The fourth-order valence-corrected chi connectivity index (χ4v) is 3.73. The molecule has 0 bridgehead atoms. The van der Waals surface area contributed by atoms with Crippen LogP contribution in [-0.2, 0) is 20.9 Å². The van der Waals surface area contributed by atoms with Gasteiger partial charge in [0.15, 0.2) is 0 Å². The summed E-state index contributed by atoms with van der Waals surface area (Å²) in [6.07, 6.45) is -1.55. The van der Waals surface area contributed by atoms with Gasteiger partial charge in [0.05, 0.1) is 12.1 Å². The molecule has 90 valence electrons. The normalized spacial score (nSPS) is 11.9. The number of rotatable bonds is 6. The summed E-state index contributed by atoms with van der Waals surface area (Å²) in [6, 6.07) is 0. The SMILES string of the molecule is CCN(SN(C)C(=O)F)P(=S)(OC)OC. The van der Waals surface area contributed by atoms with Gasteiger partial charge in [-0.05, 0) is 11.8 Å². The Kier molecular flexibility index (Phi) is 6.90. The van der Waals surface area contributed by atoms with Crippen molar-refractivity contribution in [1.29, 1.82) is 0 Å². The smallest absolute Gasteiger partial charge is 0.321 e. The quantitative estimate of drug-likeness (QED) is 0.321. The van der Waals surface area contributed by atoms with E-state index in [0.29, 0.717) is 6.54 Å². The first-order valence-electron chi connectivity index (χ1n) is 4.02. The third-order valence-corrected chi connectivity index (χ3v) is 6.72. The van der Waals surface area contributed by atoms with E-state index in [1.807, 2.05) is 6.92 Å². The second-order valence-electron chi connectivity index (χ2n) is 2.33. The molecule has 0 saturated carbocycles. The maximum atomic E-state index is 12.3. The molecule has 15 heavy (non-hydrogen) atoms. The van der Waals surface area contributed by atoms with Gasteiger partial charge in [-0.2, -0.15) is 4.08 Å². The lowest BCUT2D eigenvalue weighted by Crippen LogP contribution is -2.23. The van der Waals surface area contributed by atoms with Gasteiger partial charge in [-0.3, -0.25) is 0 Å². The molecule has 1 amide bonds. The van der Waals surface area contributed by atoms with E-state index in [1.54, 1.807) is 0 Å². The van der Waals surface area contributed by atoms with Crippen LogP contribution in [-0.4, -0.2) is 42.4 Å². The Morgan fingerprint density at radius 1 is 1.53 bits per heavy atom. The number of hydrogen-bond donors (Lipinski definition) is 0. The van der Waals surface area contributed by atoms with Crippen LogP contribution in [0.15, 0.2) is 0 Å². The molecule has 0 aromatic heterocycles. The number of nitrogens with zero attached hydrogens (tertiary/aromatic N) is 2. The molecule has 0 N–H and O–H groups in total. The molecule has 0 spiro atoms. The summed E-state index contributed by atoms with van der Waals surface area (Å²) in [7, 11) is 4.15. The van der Waals surface area contributed by atoms with Crippen LogP contribution in [0.25, 0.3) is 0 Å². The molecule has 0 heterocycles. The molecule has 0 rings (SSSR count).